The number of thioether (sulfide) groups is 1. The summed E-state index contributed by atoms with van der Waals surface area (Å²) in [6.45, 7) is 0. The van der Waals surface area contributed by atoms with Crippen molar-refractivity contribution in [2.75, 3.05) is 12.5 Å². The molecule has 0 radical (unpaired) electrons. The van der Waals surface area contributed by atoms with Crippen molar-refractivity contribution in [2.24, 2.45) is 5.10 Å². The topological polar surface area (TPSA) is 125 Å². The van der Waals surface area contributed by atoms with Gasteiger partial charge >= 0.3 is 5.97 Å². The lowest BCUT2D eigenvalue weighted by Gasteiger charge is -2.11. The molecule has 1 N–H and O–H groups in total. The van der Waals surface area contributed by atoms with Gasteiger partial charge in [-0.05, 0) is 30.0 Å². The van der Waals surface area contributed by atoms with Crippen LogP contribution in [-0.2, 0) is 9.53 Å². The molecule has 0 aliphatic rings. The Morgan fingerprint density at radius 3 is 2.32 bits per heavy atom. The summed E-state index contributed by atoms with van der Waals surface area (Å²) >= 11 is 0.924. The molecule has 0 fully saturated rings. The number of esters is 1. The zero-order valence-electron chi connectivity index (χ0n) is 17.9. The molecule has 0 spiro atoms. The van der Waals surface area contributed by atoms with E-state index in [1.165, 1.54) is 25.3 Å². The first-order chi connectivity index (χ1) is 16.6. The predicted octanol–water partition coefficient (Wildman–Crippen LogP) is 4.53. The predicted molar refractivity (Wildman–Crippen MR) is 129 cm³/mol. The van der Waals surface area contributed by atoms with E-state index in [2.05, 4.69) is 20.7 Å². The van der Waals surface area contributed by atoms with Gasteiger partial charge in [-0.3, -0.25) is 20.1 Å². The van der Waals surface area contributed by atoms with E-state index in [-0.39, 0.29) is 16.4 Å². The van der Waals surface area contributed by atoms with Gasteiger partial charge in [-0.2, -0.15) is 5.10 Å². The highest BCUT2D eigenvalue weighted by Gasteiger charge is 2.23. The molecule has 0 aliphatic heterocycles. The number of hydrogen-bond acceptors (Lipinski definition) is 9. The minimum atomic E-state index is -0.736. The van der Waals surface area contributed by atoms with Gasteiger partial charge in [-0.1, -0.05) is 60.7 Å². The molecule has 11 heteroatoms. The highest BCUT2D eigenvalue weighted by Crippen LogP contribution is 2.29. The van der Waals surface area contributed by atoms with Crippen LogP contribution in [0.4, 0.5) is 11.4 Å². The molecule has 170 valence electrons. The maximum Gasteiger partial charge on any atom is 0.365 e. The van der Waals surface area contributed by atoms with Crippen molar-refractivity contribution in [1.82, 2.24) is 14.8 Å². The molecule has 0 unspecified atom stereocenters. The highest BCUT2D eigenvalue weighted by atomic mass is 32.2. The van der Waals surface area contributed by atoms with Crippen LogP contribution in [0.15, 0.2) is 95.2 Å². The van der Waals surface area contributed by atoms with E-state index in [1.807, 2.05) is 60.7 Å². The molecule has 0 aliphatic carbocycles. The Kier molecular flexibility index (Phi) is 6.94. The van der Waals surface area contributed by atoms with E-state index in [0.29, 0.717) is 11.0 Å². The van der Waals surface area contributed by atoms with Gasteiger partial charge in [0.25, 0.3) is 5.69 Å². The highest BCUT2D eigenvalue weighted by molar-refractivity contribution is 8.15. The van der Waals surface area contributed by atoms with Crippen molar-refractivity contribution in [3.63, 3.8) is 0 Å². The molecule has 0 saturated carbocycles. The molecule has 0 atom stereocenters. The monoisotopic (exact) mass is 474 g/mol. The van der Waals surface area contributed by atoms with Gasteiger partial charge in [0.1, 0.15) is 5.69 Å². The number of benzene rings is 3. The van der Waals surface area contributed by atoms with E-state index >= 15 is 0 Å². The van der Waals surface area contributed by atoms with Crippen LogP contribution in [0.2, 0.25) is 0 Å². The first-order valence-electron chi connectivity index (χ1n) is 9.98. The van der Waals surface area contributed by atoms with Gasteiger partial charge in [0, 0.05) is 17.3 Å². The van der Waals surface area contributed by atoms with Crippen molar-refractivity contribution in [3.05, 3.63) is 95.0 Å². The average molecular weight is 475 g/mol. The fraction of sp³-hybridized carbons (Fsp3) is 0.0435. The smallest absolute Gasteiger partial charge is 0.365 e. The van der Waals surface area contributed by atoms with Crippen LogP contribution in [0.1, 0.15) is 0 Å². The second kappa shape index (κ2) is 10.4. The van der Waals surface area contributed by atoms with Crippen LogP contribution in [-0.4, -0.2) is 37.8 Å². The number of nitrogens with one attached hydrogen (secondary N) is 1. The molecule has 1 aromatic heterocycles. The summed E-state index contributed by atoms with van der Waals surface area (Å²) < 4.78 is 6.66. The number of nitro groups is 1. The molecule has 0 amide bonds. The summed E-state index contributed by atoms with van der Waals surface area (Å²) in [6.07, 6.45) is 0. The number of hydrogen-bond donors (Lipinski definition) is 1. The standard InChI is InChI=1S/C23H18N6O4S/c1-33-22(30)21(26-24-18-14-8-9-15-19(18)29(31)32)34-23-27-25-20(16-10-4-2-5-11-16)28(23)17-12-6-3-7-13-17/h2-15,24H,1H3/b26-21-. The fourth-order valence-corrected chi connectivity index (χ4v) is 3.84. The number of carbonyl (C=O) groups excluding carboxylic acids is 1. The van der Waals surface area contributed by atoms with E-state index in [4.69, 9.17) is 4.74 Å². The largest absolute Gasteiger partial charge is 0.464 e. The Labute approximate surface area is 198 Å². The second-order valence-electron chi connectivity index (χ2n) is 6.74. The number of ether oxygens (including phenoxy) is 1. The first-order valence-corrected chi connectivity index (χ1v) is 10.8. The van der Waals surface area contributed by atoms with Crippen LogP contribution < -0.4 is 5.43 Å². The molecule has 10 nitrogen and oxygen atoms in total. The van der Waals surface area contributed by atoms with Crippen LogP contribution >= 0.6 is 11.8 Å². The third-order valence-corrected chi connectivity index (χ3v) is 5.50. The van der Waals surface area contributed by atoms with E-state index in [9.17, 15) is 14.9 Å². The van der Waals surface area contributed by atoms with E-state index in [1.54, 1.807) is 10.6 Å². The van der Waals surface area contributed by atoms with Gasteiger partial charge in [0.05, 0.1) is 12.0 Å². The van der Waals surface area contributed by atoms with Gasteiger partial charge in [0.15, 0.2) is 5.82 Å². The Morgan fingerprint density at radius 2 is 1.65 bits per heavy atom. The SMILES string of the molecule is COC(=O)/C(=N/Nc1ccccc1[N+](=O)[O-])Sc1nnc(-c2ccccc2)n1-c1ccccc1. The molecule has 3 aromatic carbocycles. The van der Waals surface area contributed by atoms with Crippen molar-refractivity contribution < 1.29 is 14.5 Å². The zero-order valence-corrected chi connectivity index (χ0v) is 18.7. The zero-order chi connectivity index (χ0) is 23.9. The third kappa shape index (κ3) is 4.94. The number of hydrazone groups is 1. The minimum Gasteiger partial charge on any atom is -0.464 e. The lowest BCUT2D eigenvalue weighted by Crippen LogP contribution is -2.15. The summed E-state index contributed by atoms with van der Waals surface area (Å²) in [4.78, 5) is 23.2. The van der Waals surface area contributed by atoms with Gasteiger partial charge in [-0.25, -0.2) is 4.79 Å². The number of nitro benzene ring substituents is 1. The van der Waals surface area contributed by atoms with Gasteiger partial charge < -0.3 is 4.74 Å². The summed E-state index contributed by atoms with van der Waals surface area (Å²) in [7, 11) is 1.22. The minimum absolute atomic E-state index is 0.107. The number of aromatic nitrogens is 3. The number of carbonyl (C=O) groups is 1. The van der Waals surface area contributed by atoms with Gasteiger partial charge in [0.2, 0.25) is 10.2 Å². The number of para-hydroxylation sites is 3. The first kappa shape index (κ1) is 22.7. The summed E-state index contributed by atoms with van der Waals surface area (Å²) in [5, 5.41) is 24.2. The van der Waals surface area contributed by atoms with Crippen molar-refractivity contribution in [3.8, 4) is 17.1 Å². The van der Waals surface area contributed by atoms with Crippen LogP contribution in [0.5, 0.6) is 0 Å². The van der Waals surface area contributed by atoms with Crippen LogP contribution in [0.25, 0.3) is 17.1 Å². The molecule has 0 saturated heterocycles. The van der Waals surface area contributed by atoms with Gasteiger partial charge in [-0.15, -0.1) is 10.2 Å². The van der Waals surface area contributed by atoms with Crippen molar-refractivity contribution in [2.45, 2.75) is 5.16 Å². The van der Waals surface area contributed by atoms with Crippen LogP contribution in [0.3, 0.4) is 0 Å². The molecule has 34 heavy (non-hydrogen) atoms. The molecule has 0 bridgehead atoms. The molecular weight excluding hydrogens is 456 g/mol. The Hall–Kier alpha value is -4.51. The Balaban J connectivity index is 1.74. The summed E-state index contributed by atoms with van der Waals surface area (Å²) in [6, 6.07) is 24.9. The van der Waals surface area contributed by atoms with Crippen LogP contribution in [0, 0.1) is 10.1 Å². The maximum absolute atomic E-state index is 12.5. The molecule has 4 rings (SSSR count). The Bertz CT molecular complexity index is 1340. The molecule has 1 heterocycles. The lowest BCUT2D eigenvalue weighted by atomic mass is 10.2. The number of anilines is 1. The average Bonchev–Trinajstić information content (AvgIpc) is 3.30. The normalized spacial score (nSPS) is 11.1. The Morgan fingerprint density at radius 1 is 1.00 bits per heavy atom. The molecular formula is C23H18N6O4S. The number of rotatable bonds is 6. The van der Waals surface area contributed by atoms with E-state index < -0.39 is 10.9 Å². The quantitative estimate of drug-likeness (QED) is 0.108. The van der Waals surface area contributed by atoms with Crippen molar-refractivity contribution >= 4 is 34.1 Å². The fourth-order valence-electron chi connectivity index (χ4n) is 3.04. The third-order valence-electron chi connectivity index (χ3n) is 4.61. The number of methoxy groups -OCH3 is 1. The van der Waals surface area contributed by atoms with Crippen molar-refractivity contribution in [1.29, 1.82) is 0 Å². The van der Waals surface area contributed by atoms with E-state index in [0.717, 1.165) is 23.0 Å². The second-order valence-corrected chi connectivity index (χ2v) is 7.70. The maximum atomic E-state index is 12.5. The molecule has 4 aromatic rings. The number of nitrogens with zero attached hydrogens (tertiary/aromatic N) is 5. The summed E-state index contributed by atoms with van der Waals surface area (Å²) in [5.74, 6) is -0.162. The lowest BCUT2D eigenvalue weighted by molar-refractivity contribution is -0.384. The summed E-state index contributed by atoms with van der Waals surface area (Å²) in [5.41, 5.74) is 4.16.